The molecule has 0 amide bonds. The summed E-state index contributed by atoms with van der Waals surface area (Å²) < 4.78 is 5.52. The molecule has 1 aromatic carbocycles. The number of ether oxygens (including phenoxy) is 1. The van der Waals surface area contributed by atoms with Crippen molar-refractivity contribution in [1.29, 1.82) is 0 Å². The van der Waals surface area contributed by atoms with E-state index in [4.69, 9.17) is 4.74 Å². The lowest BCUT2D eigenvalue weighted by molar-refractivity contribution is 0.0426. The number of H-pyrrole nitrogens is 1. The summed E-state index contributed by atoms with van der Waals surface area (Å²) in [6.07, 6.45) is 4.21. The number of aromatic amines is 1. The zero-order chi connectivity index (χ0) is 20.3. The molecule has 1 N–H and O–H groups in total. The average molecular weight is 382 g/mol. The smallest absolute Gasteiger partial charge is 0.355 e. The molecule has 0 bridgehead atoms. The van der Waals surface area contributed by atoms with Gasteiger partial charge in [0.05, 0.1) is 6.61 Å². The van der Waals surface area contributed by atoms with Gasteiger partial charge in [-0.3, -0.25) is 4.79 Å². The Hall–Kier alpha value is -2.36. The highest BCUT2D eigenvalue weighted by atomic mass is 16.5. The van der Waals surface area contributed by atoms with E-state index in [9.17, 15) is 9.59 Å². The topological polar surface area (TPSA) is 59.2 Å². The second-order valence-electron chi connectivity index (χ2n) is 7.88. The third kappa shape index (κ3) is 4.06. The fraction of sp³-hybridized carbons (Fsp3) is 0.500. The van der Waals surface area contributed by atoms with E-state index in [2.05, 4.69) is 50.0 Å². The number of hydrogen-bond donors (Lipinski definition) is 1. The molecule has 0 spiro atoms. The Morgan fingerprint density at radius 3 is 2.43 bits per heavy atom. The van der Waals surface area contributed by atoms with E-state index in [1.54, 1.807) is 0 Å². The maximum absolute atomic E-state index is 12.8. The molecule has 0 radical (unpaired) electrons. The Bertz CT molecular complexity index is 843. The molecular formula is C24H31NO3. The van der Waals surface area contributed by atoms with Gasteiger partial charge in [-0.25, -0.2) is 4.79 Å². The van der Waals surface area contributed by atoms with Crippen LogP contribution < -0.4 is 0 Å². The number of benzene rings is 1. The van der Waals surface area contributed by atoms with E-state index in [0.717, 1.165) is 36.9 Å². The van der Waals surface area contributed by atoms with Crippen LogP contribution in [0.4, 0.5) is 0 Å². The van der Waals surface area contributed by atoms with E-state index < -0.39 is 0 Å². The third-order valence-electron chi connectivity index (χ3n) is 6.16. The minimum absolute atomic E-state index is 0.110. The molecule has 0 saturated heterocycles. The molecule has 2 aromatic rings. The highest BCUT2D eigenvalue weighted by Crippen LogP contribution is 2.35. The summed E-state index contributed by atoms with van der Waals surface area (Å²) in [7, 11) is 0. The quantitative estimate of drug-likeness (QED) is 0.654. The molecule has 3 rings (SSSR count). The zero-order valence-electron chi connectivity index (χ0n) is 17.4. The van der Waals surface area contributed by atoms with Crippen LogP contribution in [0.15, 0.2) is 24.3 Å². The highest BCUT2D eigenvalue weighted by Gasteiger charge is 2.32. The molecule has 0 unspecified atom stereocenters. The van der Waals surface area contributed by atoms with E-state index in [-0.39, 0.29) is 17.7 Å². The van der Waals surface area contributed by atoms with Gasteiger partial charge in [-0.05, 0) is 48.3 Å². The Morgan fingerprint density at radius 2 is 1.82 bits per heavy atom. The highest BCUT2D eigenvalue weighted by molar-refractivity contribution is 6.03. The number of ketones is 1. The normalized spacial score (nSPS) is 16.3. The number of aromatic nitrogens is 1. The Labute approximate surface area is 167 Å². The fourth-order valence-corrected chi connectivity index (χ4v) is 4.09. The number of aryl methyl sites for hydroxylation is 1. The van der Waals surface area contributed by atoms with Crippen molar-refractivity contribution in [1.82, 2.24) is 4.98 Å². The summed E-state index contributed by atoms with van der Waals surface area (Å²) in [5, 5.41) is 0. The number of Topliss-reactive ketones (excluding diaryl/α,β-unsaturated/α-hetero) is 1. The van der Waals surface area contributed by atoms with E-state index in [0.29, 0.717) is 30.2 Å². The van der Waals surface area contributed by atoms with Crippen molar-refractivity contribution >= 4 is 11.8 Å². The van der Waals surface area contributed by atoms with Crippen LogP contribution in [0.1, 0.15) is 89.2 Å². The summed E-state index contributed by atoms with van der Waals surface area (Å²) in [6, 6.07) is 8.52. The van der Waals surface area contributed by atoms with Crippen LogP contribution in [-0.2, 0) is 17.6 Å². The summed E-state index contributed by atoms with van der Waals surface area (Å²) in [5.41, 5.74) is 5.20. The van der Waals surface area contributed by atoms with Crippen LogP contribution in [0, 0.1) is 12.8 Å². The number of carbonyl (C=O) groups excluding carboxylic acids is 2. The number of hydrogen-bond acceptors (Lipinski definition) is 3. The molecule has 4 nitrogen and oxygen atoms in total. The molecular weight excluding hydrogens is 350 g/mol. The fourth-order valence-electron chi connectivity index (χ4n) is 4.09. The van der Waals surface area contributed by atoms with E-state index in [1.807, 2.05) is 6.92 Å². The number of carbonyl (C=O) groups is 2. The number of rotatable bonds is 7. The lowest BCUT2D eigenvalue weighted by Gasteiger charge is -2.22. The van der Waals surface area contributed by atoms with Gasteiger partial charge in [-0.1, -0.05) is 57.9 Å². The lowest BCUT2D eigenvalue weighted by Crippen LogP contribution is -2.18. The molecule has 0 saturated carbocycles. The Morgan fingerprint density at radius 1 is 1.14 bits per heavy atom. The molecule has 0 aliphatic heterocycles. The first kappa shape index (κ1) is 20.4. The van der Waals surface area contributed by atoms with Crippen LogP contribution in [0.5, 0.6) is 0 Å². The molecule has 1 aliphatic carbocycles. The number of esters is 1. The average Bonchev–Trinajstić information content (AvgIpc) is 3.05. The third-order valence-corrected chi connectivity index (χ3v) is 6.16. The first-order chi connectivity index (χ1) is 13.5. The van der Waals surface area contributed by atoms with Crippen molar-refractivity contribution < 1.29 is 14.3 Å². The molecule has 4 heteroatoms. The van der Waals surface area contributed by atoms with Gasteiger partial charge in [-0.15, -0.1) is 0 Å². The predicted octanol–water partition coefficient (Wildman–Crippen LogP) is 5.39. The van der Waals surface area contributed by atoms with Gasteiger partial charge in [0.1, 0.15) is 5.69 Å². The summed E-state index contributed by atoms with van der Waals surface area (Å²) in [4.78, 5) is 28.6. The molecule has 1 heterocycles. The largest absolute Gasteiger partial charge is 0.461 e. The Balaban J connectivity index is 1.79. The van der Waals surface area contributed by atoms with Crippen molar-refractivity contribution in [2.24, 2.45) is 5.92 Å². The van der Waals surface area contributed by atoms with Crippen molar-refractivity contribution in [3.8, 4) is 0 Å². The van der Waals surface area contributed by atoms with Gasteiger partial charge in [0.15, 0.2) is 5.78 Å². The standard InChI is InChI=1S/C24H31NO3/c1-5-16(6-2)14-28-24(27)23-15(4)22-20(25-23)12-19(13-21(22)26)18-10-8-17(7-3)9-11-18/h8-11,16,19,25H,5-7,12-14H2,1-4H3/t19-/m1/s1. The first-order valence-electron chi connectivity index (χ1n) is 10.5. The van der Waals surface area contributed by atoms with E-state index >= 15 is 0 Å². The summed E-state index contributed by atoms with van der Waals surface area (Å²) >= 11 is 0. The second-order valence-corrected chi connectivity index (χ2v) is 7.88. The molecule has 150 valence electrons. The van der Waals surface area contributed by atoms with Gasteiger partial charge < -0.3 is 9.72 Å². The predicted molar refractivity (Wildman–Crippen MR) is 111 cm³/mol. The van der Waals surface area contributed by atoms with Gasteiger partial charge >= 0.3 is 5.97 Å². The van der Waals surface area contributed by atoms with Crippen LogP contribution in [0.2, 0.25) is 0 Å². The van der Waals surface area contributed by atoms with Crippen molar-refractivity contribution in [3.05, 3.63) is 57.9 Å². The molecule has 1 aromatic heterocycles. The van der Waals surface area contributed by atoms with Gasteiger partial charge in [0.2, 0.25) is 0 Å². The van der Waals surface area contributed by atoms with Gasteiger partial charge in [-0.2, -0.15) is 0 Å². The maximum atomic E-state index is 12.8. The summed E-state index contributed by atoms with van der Waals surface area (Å²) in [5.74, 6) is 0.289. The van der Waals surface area contributed by atoms with Gasteiger partial charge in [0, 0.05) is 17.7 Å². The van der Waals surface area contributed by atoms with Crippen molar-refractivity contribution in [2.45, 2.75) is 65.7 Å². The first-order valence-corrected chi connectivity index (χ1v) is 10.5. The van der Waals surface area contributed by atoms with Crippen molar-refractivity contribution in [2.75, 3.05) is 6.61 Å². The van der Waals surface area contributed by atoms with Crippen LogP contribution in [-0.4, -0.2) is 23.3 Å². The van der Waals surface area contributed by atoms with Gasteiger partial charge in [0.25, 0.3) is 0 Å². The lowest BCUT2D eigenvalue weighted by atomic mass is 9.81. The SMILES string of the molecule is CCc1ccc([C@H]2CC(=O)c3c([nH]c(C(=O)OCC(CC)CC)c3C)C2)cc1. The minimum Gasteiger partial charge on any atom is -0.461 e. The van der Waals surface area contributed by atoms with Crippen LogP contribution in [0.3, 0.4) is 0 Å². The van der Waals surface area contributed by atoms with Crippen LogP contribution in [0.25, 0.3) is 0 Å². The molecule has 0 fully saturated rings. The number of fused-ring (bicyclic) bond motifs is 1. The monoisotopic (exact) mass is 381 g/mol. The maximum Gasteiger partial charge on any atom is 0.355 e. The second kappa shape index (κ2) is 8.76. The van der Waals surface area contributed by atoms with Crippen molar-refractivity contribution in [3.63, 3.8) is 0 Å². The summed E-state index contributed by atoms with van der Waals surface area (Å²) in [6.45, 7) is 8.61. The number of nitrogens with one attached hydrogen (secondary N) is 1. The molecule has 1 aliphatic rings. The van der Waals surface area contributed by atoms with E-state index in [1.165, 1.54) is 11.1 Å². The minimum atomic E-state index is -0.351. The zero-order valence-corrected chi connectivity index (χ0v) is 17.4. The molecule has 28 heavy (non-hydrogen) atoms. The van der Waals surface area contributed by atoms with Crippen LogP contribution >= 0.6 is 0 Å². The Kier molecular flexibility index (Phi) is 6.38. The molecule has 1 atom stereocenters.